The van der Waals surface area contributed by atoms with Crippen molar-refractivity contribution in [3.05, 3.63) is 43.5 Å². The van der Waals surface area contributed by atoms with Crippen LogP contribution in [-0.4, -0.2) is 12.6 Å². The predicted molar refractivity (Wildman–Crippen MR) is 79.7 cm³/mol. The molecule has 0 fully saturated rings. The average Bonchev–Trinajstić information content (AvgIpc) is 2.55. The van der Waals surface area contributed by atoms with Crippen molar-refractivity contribution < 1.29 is 14.3 Å². The van der Waals surface area contributed by atoms with E-state index in [9.17, 15) is 4.79 Å². The summed E-state index contributed by atoms with van der Waals surface area (Å²) in [7, 11) is 0. The Kier molecular flexibility index (Phi) is 4.68. The number of esters is 1. The number of allylic oxidation sites excluding steroid dienone is 1. The maximum atomic E-state index is 12.0. The van der Waals surface area contributed by atoms with Crippen molar-refractivity contribution >= 4 is 37.8 Å². The normalized spacial score (nSPS) is 14.5. The van der Waals surface area contributed by atoms with E-state index in [1.807, 2.05) is 12.1 Å². The molecule has 0 aliphatic carbocycles. The summed E-state index contributed by atoms with van der Waals surface area (Å²) in [5, 5.41) is 0. The Balaban J connectivity index is 2.43. The SMILES string of the molecule is CCOC(=O)C1=C(C)OCc2c(Br)ccc(Br)c2C1. The lowest BCUT2D eigenvalue weighted by atomic mass is 10.0. The number of hydrogen-bond acceptors (Lipinski definition) is 3. The predicted octanol–water partition coefficient (Wildman–Crippen LogP) is 4.12. The number of fused-ring (bicyclic) bond motifs is 1. The molecular formula is C14H14Br2O3. The van der Waals surface area contributed by atoms with Gasteiger partial charge in [-0.25, -0.2) is 4.79 Å². The number of carbonyl (C=O) groups excluding carboxylic acids is 1. The Morgan fingerprint density at radius 1 is 1.32 bits per heavy atom. The molecule has 1 aliphatic rings. The third-order valence-electron chi connectivity index (χ3n) is 3.05. The first-order valence-electron chi connectivity index (χ1n) is 6.00. The molecule has 0 saturated carbocycles. The van der Waals surface area contributed by atoms with E-state index in [0.29, 0.717) is 31.0 Å². The van der Waals surface area contributed by atoms with Gasteiger partial charge in [-0.3, -0.25) is 0 Å². The first kappa shape index (κ1) is 14.6. The van der Waals surface area contributed by atoms with Crippen molar-refractivity contribution in [3.8, 4) is 0 Å². The van der Waals surface area contributed by atoms with Crippen LogP contribution < -0.4 is 0 Å². The molecule has 3 nitrogen and oxygen atoms in total. The van der Waals surface area contributed by atoms with Crippen molar-refractivity contribution in [2.45, 2.75) is 26.9 Å². The summed E-state index contributed by atoms with van der Waals surface area (Å²) in [5.74, 6) is 0.327. The topological polar surface area (TPSA) is 35.5 Å². The second kappa shape index (κ2) is 6.09. The largest absolute Gasteiger partial charge is 0.493 e. The highest BCUT2D eigenvalue weighted by molar-refractivity contribution is 9.11. The molecule has 19 heavy (non-hydrogen) atoms. The van der Waals surface area contributed by atoms with Crippen LogP contribution in [0.2, 0.25) is 0 Å². The van der Waals surface area contributed by atoms with E-state index in [0.717, 1.165) is 20.1 Å². The van der Waals surface area contributed by atoms with Gasteiger partial charge in [-0.15, -0.1) is 0 Å². The van der Waals surface area contributed by atoms with E-state index < -0.39 is 0 Å². The van der Waals surface area contributed by atoms with Crippen molar-refractivity contribution in [2.24, 2.45) is 0 Å². The van der Waals surface area contributed by atoms with E-state index in [1.165, 1.54) is 0 Å². The van der Waals surface area contributed by atoms with Gasteiger partial charge >= 0.3 is 5.97 Å². The number of rotatable bonds is 2. The van der Waals surface area contributed by atoms with Crippen molar-refractivity contribution in [1.29, 1.82) is 0 Å². The Labute approximate surface area is 129 Å². The van der Waals surface area contributed by atoms with Gasteiger partial charge in [0.25, 0.3) is 0 Å². The van der Waals surface area contributed by atoms with E-state index >= 15 is 0 Å². The molecule has 0 bridgehead atoms. The van der Waals surface area contributed by atoms with Gasteiger partial charge in [-0.2, -0.15) is 0 Å². The average molecular weight is 390 g/mol. The highest BCUT2D eigenvalue weighted by atomic mass is 79.9. The minimum Gasteiger partial charge on any atom is -0.493 e. The molecule has 0 saturated heterocycles. The summed E-state index contributed by atoms with van der Waals surface area (Å²) in [4.78, 5) is 12.0. The zero-order valence-corrected chi connectivity index (χ0v) is 13.9. The number of hydrogen-bond donors (Lipinski definition) is 0. The number of carbonyl (C=O) groups is 1. The molecule has 0 radical (unpaired) electrons. The molecule has 1 aromatic carbocycles. The smallest absolute Gasteiger partial charge is 0.337 e. The quantitative estimate of drug-likeness (QED) is 0.713. The lowest BCUT2D eigenvalue weighted by molar-refractivity contribution is -0.138. The molecule has 5 heteroatoms. The Bertz CT molecular complexity index is 550. The summed E-state index contributed by atoms with van der Waals surface area (Å²) >= 11 is 7.06. The maximum absolute atomic E-state index is 12.0. The fourth-order valence-electron chi connectivity index (χ4n) is 1.99. The van der Waals surface area contributed by atoms with Crippen molar-refractivity contribution in [1.82, 2.24) is 0 Å². The lowest BCUT2D eigenvalue weighted by Crippen LogP contribution is -2.12. The van der Waals surface area contributed by atoms with Crippen LogP contribution in [0, 0.1) is 0 Å². The van der Waals surface area contributed by atoms with E-state index in [1.54, 1.807) is 13.8 Å². The van der Waals surface area contributed by atoms with E-state index in [4.69, 9.17) is 9.47 Å². The molecule has 2 rings (SSSR count). The van der Waals surface area contributed by atoms with Gasteiger partial charge in [0.1, 0.15) is 12.4 Å². The fraction of sp³-hybridized carbons (Fsp3) is 0.357. The highest BCUT2D eigenvalue weighted by Crippen LogP contribution is 2.33. The molecule has 0 atom stereocenters. The highest BCUT2D eigenvalue weighted by Gasteiger charge is 2.23. The van der Waals surface area contributed by atoms with Gasteiger partial charge in [0.05, 0.1) is 12.2 Å². The van der Waals surface area contributed by atoms with Crippen LogP contribution in [0.4, 0.5) is 0 Å². The standard InChI is InChI=1S/C14H14Br2O3/c1-3-18-14(17)9-6-10-11(7-19-8(9)2)13(16)5-4-12(10)15/h4-5H,3,6-7H2,1-2H3. The Morgan fingerprint density at radius 3 is 2.58 bits per heavy atom. The summed E-state index contributed by atoms with van der Waals surface area (Å²) in [5.41, 5.74) is 2.71. The van der Waals surface area contributed by atoms with Crippen molar-refractivity contribution in [3.63, 3.8) is 0 Å². The molecule has 0 amide bonds. The summed E-state index contributed by atoms with van der Waals surface area (Å²) in [6, 6.07) is 3.93. The molecule has 0 N–H and O–H groups in total. The summed E-state index contributed by atoms with van der Waals surface area (Å²) in [6.07, 6.45) is 0.514. The molecule has 1 aliphatic heterocycles. The van der Waals surface area contributed by atoms with E-state index in [2.05, 4.69) is 31.9 Å². The second-order valence-electron chi connectivity index (χ2n) is 4.21. The van der Waals surface area contributed by atoms with Gasteiger partial charge in [0.15, 0.2) is 0 Å². The van der Waals surface area contributed by atoms with Crippen LogP contribution in [0.3, 0.4) is 0 Å². The minimum absolute atomic E-state index is 0.306. The van der Waals surface area contributed by atoms with Crippen LogP contribution in [0.25, 0.3) is 0 Å². The van der Waals surface area contributed by atoms with Crippen LogP contribution in [-0.2, 0) is 27.3 Å². The zero-order valence-electron chi connectivity index (χ0n) is 10.8. The molecule has 1 heterocycles. The third-order valence-corrected chi connectivity index (χ3v) is 4.54. The van der Waals surface area contributed by atoms with Crippen LogP contribution in [0.15, 0.2) is 32.4 Å². The minimum atomic E-state index is -0.306. The molecule has 102 valence electrons. The molecular weight excluding hydrogens is 376 g/mol. The molecule has 1 aromatic rings. The fourth-order valence-corrected chi connectivity index (χ4v) is 2.98. The number of benzene rings is 1. The number of halogens is 2. The van der Waals surface area contributed by atoms with Gasteiger partial charge in [0, 0.05) is 20.9 Å². The van der Waals surface area contributed by atoms with Crippen LogP contribution in [0.1, 0.15) is 25.0 Å². The monoisotopic (exact) mass is 388 g/mol. The first-order chi connectivity index (χ1) is 9.04. The molecule has 0 unspecified atom stereocenters. The number of ether oxygens (including phenoxy) is 2. The van der Waals surface area contributed by atoms with Gasteiger partial charge in [0.2, 0.25) is 0 Å². The first-order valence-corrected chi connectivity index (χ1v) is 7.58. The zero-order chi connectivity index (χ0) is 14.0. The molecule has 0 spiro atoms. The van der Waals surface area contributed by atoms with Gasteiger partial charge < -0.3 is 9.47 Å². The van der Waals surface area contributed by atoms with Crippen LogP contribution in [0.5, 0.6) is 0 Å². The lowest BCUT2D eigenvalue weighted by Gasteiger charge is -2.10. The summed E-state index contributed by atoms with van der Waals surface area (Å²) < 4.78 is 12.7. The van der Waals surface area contributed by atoms with E-state index in [-0.39, 0.29) is 5.97 Å². The maximum Gasteiger partial charge on any atom is 0.337 e. The van der Waals surface area contributed by atoms with Crippen LogP contribution >= 0.6 is 31.9 Å². The van der Waals surface area contributed by atoms with Gasteiger partial charge in [-0.05, 0) is 31.5 Å². The Hall–Kier alpha value is -0.810. The second-order valence-corrected chi connectivity index (χ2v) is 5.92. The van der Waals surface area contributed by atoms with Crippen molar-refractivity contribution in [2.75, 3.05) is 6.61 Å². The Morgan fingerprint density at radius 2 is 1.95 bits per heavy atom. The molecule has 0 aromatic heterocycles. The third kappa shape index (κ3) is 3.03. The summed E-state index contributed by atoms with van der Waals surface area (Å²) in [6.45, 7) is 4.41. The van der Waals surface area contributed by atoms with Gasteiger partial charge in [-0.1, -0.05) is 31.9 Å².